The van der Waals surface area contributed by atoms with Gasteiger partial charge in [-0.05, 0) is 31.4 Å². The number of hydrogen-bond acceptors (Lipinski definition) is 5. The highest BCUT2D eigenvalue weighted by atomic mass is 16.2. The largest absolute Gasteiger partial charge is 0.348 e. The molecule has 8 heteroatoms. The summed E-state index contributed by atoms with van der Waals surface area (Å²) < 4.78 is 0. The van der Waals surface area contributed by atoms with E-state index in [1.807, 2.05) is 37.3 Å². The number of aromatic amines is 1. The summed E-state index contributed by atoms with van der Waals surface area (Å²) in [4.78, 5) is 36.0. The molecule has 1 aliphatic rings. The number of likely N-dealkylation sites (tertiary alicyclic amines) is 1. The highest BCUT2D eigenvalue weighted by Crippen LogP contribution is 2.25. The van der Waals surface area contributed by atoms with Crippen molar-refractivity contribution in [3.63, 3.8) is 0 Å². The number of benzene rings is 1. The molecule has 1 aromatic carbocycles. The first-order valence-electron chi connectivity index (χ1n) is 10.1. The molecule has 2 aromatic heterocycles. The van der Waals surface area contributed by atoms with Crippen LogP contribution in [0.3, 0.4) is 0 Å². The van der Waals surface area contributed by atoms with Gasteiger partial charge >= 0.3 is 0 Å². The second-order valence-corrected chi connectivity index (χ2v) is 7.46. The van der Waals surface area contributed by atoms with E-state index in [2.05, 4.69) is 25.5 Å². The highest BCUT2D eigenvalue weighted by Gasteiger charge is 2.28. The predicted octanol–water partition coefficient (Wildman–Crippen LogP) is 2.46. The molecule has 1 aliphatic heterocycles. The topological polar surface area (TPSA) is 104 Å². The summed E-state index contributed by atoms with van der Waals surface area (Å²) >= 11 is 0. The molecule has 30 heavy (non-hydrogen) atoms. The maximum Gasteiger partial charge on any atom is 0.271 e. The first-order chi connectivity index (χ1) is 14.6. The molecule has 3 heterocycles. The number of aromatic nitrogens is 4. The number of piperidine rings is 1. The first-order valence-corrected chi connectivity index (χ1v) is 10.1. The molecule has 2 N–H and O–H groups in total. The van der Waals surface area contributed by atoms with Crippen molar-refractivity contribution in [3.8, 4) is 0 Å². The summed E-state index contributed by atoms with van der Waals surface area (Å²) in [6.45, 7) is 3.53. The number of nitrogens with zero attached hydrogens (tertiary/aromatic N) is 4. The van der Waals surface area contributed by atoms with Crippen molar-refractivity contribution >= 4 is 11.8 Å². The SMILES string of the molecule is Cc1nc([C@@H]2CCCN(C(=O)c3ccn[nH]3)C2)ncc1C(=O)NCc1ccccc1. The van der Waals surface area contributed by atoms with Gasteiger partial charge in [0.1, 0.15) is 11.5 Å². The van der Waals surface area contributed by atoms with Crippen LogP contribution >= 0.6 is 0 Å². The van der Waals surface area contributed by atoms with Gasteiger partial charge in [0.15, 0.2) is 0 Å². The molecule has 154 valence electrons. The van der Waals surface area contributed by atoms with Crippen molar-refractivity contribution in [2.45, 2.75) is 32.2 Å². The molecule has 1 atom stereocenters. The van der Waals surface area contributed by atoms with Gasteiger partial charge < -0.3 is 10.2 Å². The van der Waals surface area contributed by atoms with E-state index in [4.69, 9.17) is 0 Å². The van der Waals surface area contributed by atoms with E-state index in [9.17, 15) is 9.59 Å². The summed E-state index contributed by atoms with van der Waals surface area (Å²) in [5.41, 5.74) is 2.63. The molecule has 3 aromatic rings. The van der Waals surface area contributed by atoms with Crippen molar-refractivity contribution in [2.24, 2.45) is 0 Å². The van der Waals surface area contributed by atoms with Crippen LogP contribution in [0.15, 0.2) is 48.8 Å². The Labute approximate surface area is 174 Å². The molecule has 8 nitrogen and oxygen atoms in total. The third-order valence-corrected chi connectivity index (χ3v) is 5.34. The fraction of sp³-hybridized carbons (Fsp3) is 0.318. The Bertz CT molecular complexity index is 1020. The van der Waals surface area contributed by atoms with Gasteiger partial charge in [-0.3, -0.25) is 14.7 Å². The molecule has 0 saturated carbocycles. The summed E-state index contributed by atoms with van der Waals surface area (Å²) in [7, 11) is 0. The van der Waals surface area contributed by atoms with Crippen LogP contribution in [-0.4, -0.2) is 50.0 Å². The monoisotopic (exact) mass is 404 g/mol. The van der Waals surface area contributed by atoms with Gasteiger partial charge in [0, 0.05) is 37.9 Å². The number of carbonyl (C=O) groups excluding carboxylic acids is 2. The van der Waals surface area contributed by atoms with Gasteiger partial charge in [-0.15, -0.1) is 0 Å². The zero-order chi connectivity index (χ0) is 20.9. The zero-order valence-corrected chi connectivity index (χ0v) is 16.8. The Balaban J connectivity index is 1.42. The Kier molecular flexibility index (Phi) is 5.83. The van der Waals surface area contributed by atoms with E-state index in [0.29, 0.717) is 42.4 Å². The van der Waals surface area contributed by atoms with Gasteiger partial charge in [0.05, 0.1) is 11.3 Å². The van der Waals surface area contributed by atoms with E-state index >= 15 is 0 Å². The van der Waals surface area contributed by atoms with Gasteiger partial charge in [-0.1, -0.05) is 30.3 Å². The number of rotatable bonds is 5. The van der Waals surface area contributed by atoms with Crippen LogP contribution < -0.4 is 5.32 Å². The van der Waals surface area contributed by atoms with Crippen LogP contribution in [0.5, 0.6) is 0 Å². The van der Waals surface area contributed by atoms with E-state index in [0.717, 1.165) is 18.4 Å². The van der Waals surface area contributed by atoms with Crippen molar-refractivity contribution in [2.75, 3.05) is 13.1 Å². The molecular weight excluding hydrogens is 380 g/mol. The highest BCUT2D eigenvalue weighted by molar-refractivity contribution is 5.94. The number of hydrogen-bond donors (Lipinski definition) is 2. The van der Waals surface area contributed by atoms with E-state index in [-0.39, 0.29) is 17.7 Å². The predicted molar refractivity (Wildman–Crippen MR) is 111 cm³/mol. The Morgan fingerprint density at radius 3 is 2.80 bits per heavy atom. The van der Waals surface area contributed by atoms with Crippen molar-refractivity contribution in [3.05, 3.63) is 77.1 Å². The normalized spacial score (nSPS) is 16.3. The van der Waals surface area contributed by atoms with Crippen LogP contribution in [-0.2, 0) is 6.54 Å². The van der Waals surface area contributed by atoms with Gasteiger partial charge in [0.25, 0.3) is 11.8 Å². The molecule has 2 amide bonds. The van der Waals surface area contributed by atoms with E-state index in [1.165, 1.54) is 0 Å². The maximum absolute atomic E-state index is 12.6. The maximum atomic E-state index is 12.6. The minimum atomic E-state index is -0.192. The van der Waals surface area contributed by atoms with Gasteiger partial charge in [0.2, 0.25) is 0 Å². The fourth-order valence-electron chi connectivity index (χ4n) is 3.70. The smallest absolute Gasteiger partial charge is 0.271 e. The average Bonchev–Trinajstić information content (AvgIpc) is 3.32. The number of H-pyrrole nitrogens is 1. The van der Waals surface area contributed by atoms with Gasteiger partial charge in [-0.2, -0.15) is 5.10 Å². The third-order valence-electron chi connectivity index (χ3n) is 5.34. The first kappa shape index (κ1) is 19.8. The number of carbonyl (C=O) groups is 2. The van der Waals surface area contributed by atoms with Crippen LogP contribution in [0.25, 0.3) is 0 Å². The molecule has 0 spiro atoms. The molecule has 1 fully saturated rings. The Morgan fingerprint density at radius 2 is 2.07 bits per heavy atom. The van der Waals surface area contributed by atoms with Crippen LogP contribution in [0.2, 0.25) is 0 Å². The van der Waals surface area contributed by atoms with Crippen molar-refractivity contribution in [1.82, 2.24) is 30.4 Å². The van der Waals surface area contributed by atoms with Crippen LogP contribution in [0.1, 0.15) is 56.7 Å². The minimum Gasteiger partial charge on any atom is -0.348 e. The molecule has 0 radical (unpaired) electrons. The Hall–Kier alpha value is -3.55. The summed E-state index contributed by atoms with van der Waals surface area (Å²) in [6, 6.07) is 11.4. The molecule has 0 unspecified atom stereocenters. The lowest BCUT2D eigenvalue weighted by Gasteiger charge is -2.31. The summed E-state index contributed by atoms with van der Waals surface area (Å²) in [5, 5.41) is 9.49. The van der Waals surface area contributed by atoms with Crippen molar-refractivity contribution < 1.29 is 9.59 Å². The number of aryl methyl sites for hydroxylation is 1. The lowest BCUT2D eigenvalue weighted by atomic mass is 9.96. The third kappa shape index (κ3) is 4.37. The summed E-state index contributed by atoms with van der Waals surface area (Å²) in [6.07, 6.45) is 4.95. The second-order valence-electron chi connectivity index (χ2n) is 7.46. The van der Waals surface area contributed by atoms with Gasteiger partial charge in [-0.25, -0.2) is 9.97 Å². The van der Waals surface area contributed by atoms with E-state index < -0.39 is 0 Å². The van der Waals surface area contributed by atoms with Crippen molar-refractivity contribution in [1.29, 1.82) is 0 Å². The number of amides is 2. The quantitative estimate of drug-likeness (QED) is 0.680. The molecule has 0 aliphatic carbocycles. The van der Waals surface area contributed by atoms with Crippen LogP contribution in [0.4, 0.5) is 0 Å². The molecular formula is C22H24N6O2. The molecule has 0 bridgehead atoms. The molecule has 4 rings (SSSR count). The standard InChI is InChI=1S/C22H24N6O2/c1-15-18(21(29)24-12-16-6-3-2-4-7-16)13-23-20(26-15)17-8-5-11-28(14-17)22(30)19-9-10-25-27-19/h2-4,6-7,9-10,13,17H,5,8,11-12,14H2,1H3,(H,24,29)(H,25,27)/t17-/m1/s1. The van der Waals surface area contributed by atoms with Crippen LogP contribution in [0, 0.1) is 6.92 Å². The summed E-state index contributed by atoms with van der Waals surface area (Å²) in [5.74, 6) is 0.466. The second kappa shape index (κ2) is 8.86. The zero-order valence-electron chi connectivity index (χ0n) is 16.8. The Morgan fingerprint density at radius 1 is 1.23 bits per heavy atom. The van der Waals surface area contributed by atoms with E-state index in [1.54, 1.807) is 23.4 Å². The number of nitrogens with one attached hydrogen (secondary N) is 2. The lowest BCUT2D eigenvalue weighted by Crippen LogP contribution is -2.39. The average molecular weight is 404 g/mol. The minimum absolute atomic E-state index is 0.0470. The lowest BCUT2D eigenvalue weighted by molar-refractivity contribution is 0.0698. The molecule has 1 saturated heterocycles. The fourth-order valence-corrected chi connectivity index (χ4v) is 3.70.